The van der Waals surface area contributed by atoms with E-state index in [0.29, 0.717) is 5.92 Å². The van der Waals surface area contributed by atoms with Crippen molar-refractivity contribution in [1.29, 1.82) is 0 Å². The second-order valence-electron chi connectivity index (χ2n) is 8.42. The van der Waals surface area contributed by atoms with E-state index in [0.717, 1.165) is 13.2 Å². The van der Waals surface area contributed by atoms with Crippen LogP contribution in [0, 0.1) is 5.92 Å². The van der Waals surface area contributed by atoms with Crippen molar-refractivity contribution in [3.8, 4) is 0 Å². The van der Waals surface area contributed by atoms with E-state index in [2.05, 4.69) is 70.2 Å². The normalized spacial score (nSPS) is 13.3. The predicted molar refractivity (Wildman–Crippen MR) is 124 cm³/mol. The molecule has 0 fully saturated rings. The Hall–Kier alpha value is -0.281. The summed E-state index contributed by atoms with van der Waals surface area (Å²) in [4.78, 5) is 0. The molecule has 0 N–H and O–H groups in total. The summed E-state index contributed by atoms with van der Waals surface area (Å²) in [5.41, 5.74) is 1.27. The van der Waals surface area contributed by atoms with Crippen LogP contribution < -0.4 is 0 Å². The van der Waals surface area contributed by atoms with Gasteiger partial charge in [0.05, 0.1) is 0 Å². The van der Waals surface area contributed by atoms with Crippen molar-refractivity contribution in [2.75, 3.05) is 6.61 Å². The van der Waals surface area contributed by atoms with Crippen LogP contribution in [0.15, 0.2) is 42.5 Å². The molecule has 0 spiro atoms. The molecule has 0 aliphatic heterocycles. The average Bonchev–Trinajstić information content (AvgIpc) is 2.69. The summed E-state index contributed by atoms with van der Waals surface area (Å²) in [6.07, 6.45) is 13.5. The van der Waals surface area contributed by atoms with Gasteiger partial charge < -0.3 is 0 Å². The standard InChI is InChI=1S/C13H17O.3C4H9.Sn/c1-3-7-12(2)10-14-11-13-8-5-4-6-9-13;3*1-3-4-2;/h3-9,12H,1,10-11H2,2H3;3*1,3-4H2,2H3;/b7-3+;;;;/t12-;;;;/m0..../s1. The van der Waals surface area contributed by atoms with Crippen molar-refractivity contribution >= 4 is 18.4 Å². The van der Waals surface area contributed by atoms with Gasteiger partial charge in [0, 0.05) is 0 Å². The average molecular weight is 479 g/mol. The van der Waals surface area contributed by atoms with E-state index in [4.69, 9.17) is 4.74 Å². The fourth-order valence-corrected chi connectivity index (χ4v) is 19.0. The summed E-state index contributed by atoms with van der Waals surface area (Å²) in [6.45, 7) is 10.9. The zero-order valence-electron chi connectivity index (χ0n) is 18.5. The number of rotatable bonds is 16. The molecular weight excluding hydrogens is 435 g/mol. The second kappa shape index (κ2) is 15.6. The van der Waals surface area contributed by atoms with Crippen LogP contribution in [0.25, 0.3) is 0 Å². The van der Waals surface area contributed by atoms with Crippen molar-refractivity contribution in [2.45, 2.75) is 90.6 Å². The molecule has 2 heteroatoms. The first-order chi connectivity index (χ1) is 13.2. The van der Waals surface area contributed by atoms with Gasteiger partial charge in [0.25, 0.3) is 0 Å². The third kappa shape index (κ3) is 11.3. The summed E-state index contributed by atoms with van der Waals surface area (Å²) in [5, 5.41) is 0. The summed E-state index contributed by atoms with van der Waals surface area (Å²) >= 11 is -1.99. The predicted octanol–water partition coefficient (Wildman–Crippen LogP) is 8.24. The third-order valence-electron chi connectivity index (χ3n) is 5.69. The van der Waals surface area contributed by atoms with Crippen molar-refractivity contribution in [2.24, 2.45) is 5.92 Å². The Morgan fingerprint density at radius 2 is 1.44 bits per heavy atom. The molecule has 0 bridgehead atoms. The van der Waals surface area contributed by atoms with Gasteiger partial charge in [-0.3, -0.25) is 0 Å². The Morgan fingerprint density at radius 1 is 0.889 bits per heavy atom. The van der Waals surface area contributed by atoms with E-state index in [-0.39, 0.29) is 0 Å². The Labute approximate surface area is 173 Å². The number of unbranched alkanes of at least 4 members (excludes halogenated alkanes) is 3. The van der Waals surface area contributed by atoms with Gasteiger partial charge in [0.2, 0.25) is 0 Å². The Bertz CT molecular complexity index is 461. The van der Waals surface area contributed by atoms with Crippen molar-refractivity contribution in [3.63, 3.8) is 0 Å². The van der Waals surface area contributed by atoms with Crippen LogP contribution in [0.4, 0.5) is 0 Å². The van der Waals surface area contributed by atoms with Crippen molar-refractivity contribution < 1.29 is 4.74 Å². The summed E-state index contributed by atoms with van der Waals surface area (Å²) in [6, 6.07) is 10.5. The maximum absolute atomic E-state index is 5.92. The van der Waals surface area contributed by atoms with Crippen LogP contribution in [0.3, 0.4) is 0 Å². The minimum absolute atomic E-state index is 0.515. The van der Waals surface area contributed by atoms with E-state index in [1.165, 1.54) is 48.5 Å². The molecular formula is C25H44OSn. The SMILES string of the molecule is CCC[CH2][Sn]([CH2]/C=C/[C@H](C)COCc1ccccc1)([CH2]CCC)[CH2]CCC. The van der Waals surface area contributed by atoms with Gasteiger partial charge >= 0.3 is 174 Å². The van der Waals surface area contributed by atoms with Crippen LogP contribution in [0.1, 0.15) is 71.8 Å². The van der Waals surface area contributed by atoms with E-state index in [9.17, 15) is 0 Å². The van der Waals surface area contributed by atoms with Crippen molar-refractivity contribution in [3.05, 3.63) is 48.0 Å². The first kappa shape index (κ1) is 24.8. The van der Waals surface area contributed by atoms with Crippen LogP contribution in [-0.2, 0) is 11.3 Å². The second-order valence-corrected chi connectivity index (χ2v) is 22.4. The molecule has 1 nitrogen and oxygen atoms in total. The van der Waals surface area contributed by atoms with Crippen molar-refractivity contribution in [1.82, 2.24) is 0 Å². The first-order valence-corrected chi connectivity index (χ1v) is 19.5. The van der Waals surface area contributed by atoms with Crippen LogP contribution >= 0.6 is 0 Å². The maximum atomic E-state index is 5.92. The number of ether oxygens (including phenoxy) is 1. The Morgan fingerprint density at radius 3 is 1.96 bits per heavy atom. The molecule has 0 aromatic heterocycles. The Balaban J connectivity index is 2.51. The molecule has 1 aromatic carbocycles. The topological polar surface area (TPSA) is 9.23 Å². The molecule has 154 valence electrons. The molecule has 0 saturated carbocycles. The summed E-state index contributed by atoms with van der Waals surface area (Å²) in [5.74, 6) is 0.515. The number of hydrogen-bond acceptors (Lipinski definition) is 1. The molecule has 0 amide bonds. The van der Waals surface area contributed by atoms with E-state index in [1.807, 2.05) is 0 Å². The minimum atomic E-state index is -1.99. The number of allylic oxidation sites excluding steroid dienone is 1. The fourth-order valence-electron chi connectivity index (χ4n) is 3.88. The molecule has 0 aliphatic carbocycles. The number of hydrogen-bond donors (Lipinski definition) is 0. The van der Waals surface area contributed by atoms with Gasteiger partial charge in [-0.2, -0.15) is 0 Å². The summed E-state index contributed by atoms with van der Waals surface area (Å²) in [7, 11) is 0. The van der Waals surface area contributed by atoms with Gasteiger partial charge in [0.15, 0.2) is 0 Å². The van der Waals surface area contributed by atoms with Gasteiger partial charge in [-0.1, -0.05) is 0 Å². The first-order valence-electron chi connectivity index (χ1n) is 11.4. The van der Waals surface area contributed by atoms with E-state index >= 15 is 0 Å². The van der Waals surface area contributed by atoms with Gasteiger partial charge in [0.1, 0.15) is 0 Å². The quantitative estimate of drug-likeness (QED) is 0.171. The van der Waals surface area contributed by atoms with Gasteiger partial charge in [-0.05, 0) is 0 Å². The Kier molecular flexibility index (Phi) is 14.3. The monoisotopic (exact) mass is 480 g/mol. The number of benzene rings is 1. The third-order valence-corrected chi connectivity index (χ3v) is 20.9. The fraction of sp³-hybridized carbons (Fsp3) is 0.680. The molecule has 1 rings (SSSR count). The molecule has 1 aromatic rings. The van der Waals surface area contributed by atoms with Crippen LogP contribution in [-0.4, -0.2) is 25.0 Å². The molecule has 0 saturated heterocycles. The van der Waals surface area contributed by atoms with Crippen LogP contribution in [0.2, 0.25) is 17.7 Å². The molecule has 0 unspecified atom stereocenters. The zero-order chi connectivity index (χ0) is 19.8. The molecule has 1 atom stereocenters. The van der Waals surface area contributed by atoms with E-state index in [1.54, 1.807) is 13.3 Å². The molecule has 0 radical (unpaired) electrons. The van der Waals surface area contributed by atoms with Gasteiger partial charge in [-0.15, -0.1) is 0 Å². The molecule has 0 aliphatic rings. The molecule has 27 heavy (non-hydrogen) atoms. The van der Waals surface area contributed by atoms with Gasteiger partial charge in [-0.25, -0.2) is 0 Å². The van der Waals surface area contributed by atoms with Crippen LogP contribution in [0.5, 0.6) is 0 Å². The summed E-state index contributed by atoms with van der Waals surface area (Å²) < 4.78 is 12.2. The van der Waals surface area contributed by atoms with E-state index < -0.39 is 18.4 Å². The zero-order valence-corrected chi connectivity index (χ0v) is 21.4. The molecule has 0 heterocycles.